The van der Waals surface area contributed by atoms with Gasteiger partial charge >= 0.3 is 0 Å². The van der Waals surface area contributed by atoms with Crippen molar-refractivity contribution in [2.24, 2.45) is 0 Å². The SMILES string of the molecule is c1ccc(-c2ccc(-c3cc(-c4ccc(-c5ccccc5)cc4)nc(-c4cc(-c5ccc6sc7ccccc7c6c5)cc(-c5ccc6sc7ccccc7c6c5)c4)n3)cc2)cc1. The van der Waals surface area contributed by atoms with E-state index in [1.54, 1.807) is 0 Å². The third-order valence-electron chi connectivity index (χ3n) is 11.9. The van der Waals surface area contributed by atoms with E-state index in [-0.39, 0.29) is 0 Å². The van der Waals surface area contributed by atoms with Crippen molar-refractivity contribution >= 4 is 63.0 Å². The summed E-state index contributed by atoms with van der Waals surface area (Å²) in [5.74, 6) is 0.684. The molecule has 12 aromatic rings. The number of fused-ring (bicyclic) bond motifs is 6. The summed E-state index contributed by atoms with van der Waals surface area (Å²) >= 11 is 3.69. The van der Waals surface area contributed by atoms with Crippen molar-refractivity contribution < 1.29 is 0 Å². The Morgan fingerprint density at radius 2 is 0.581 bits per heavy atom. The highest BCUT2D eigenvalue weighted by molar-refractivity contribution is 7.26. The third kappa shape index (κ3) is 6.67. The first-order chi connectivity index (χ1) is 30.7. The van der Waals surface area contributed by atoms with Crippen molar-refractivity contribution in [2.75, 3.05) is 0 Å². The Balaban J connectivity index is 1.05. The first-order valence-electron chi connectivity index (χ1n) is 20.9. The van der Waals surface area contributed by atoms with E-state index in [1.807, 2.05) is 22.7 Å². The second-order valence-corrected chi connectivity index (χ2v) is 17.9. The van der Waals surface area contributed by atoms with Crippen molar-refractivity contribution in [3.05, 3.63) is 218 Å². The van der Waals surface area contributed by atoms with Crippen LogP contribution in [0.4, 0.5) is 0 Å². The van der Waals surface area contributed by atoms with Crippen LogP contribution in [0.25, 0.3) is 119 Å². The molecule has 0 saturated heterocycles. The summed E-state index contributed by atoms with van der Waals surface area (Å²) in [6.45, 7) is 0. The van der Waals surface area contributed by atoms with Crippen LogP contribution in [-0.2, 0) is 0 Å². The van der Waals surface area contributed by atoms with Crippen LogP contribution in [0, 0.1) is 0 Å². The van der Waals surface area contributed by atoms with E-state index in [2.05, 4.69) is 218 Å². The summed E-state index contributed by atoms with van der Waals surface area (Å²) in [5, 5.41) is 5.13. The Morgan fingerprint density at radius 1 is 0.226 bits per heavy atom. The average Bonchev–Trinajstić information content (AvgIpc) is 3.92. The number of rotatable bonds is 7. The monoisotopic (exact) mass is 824 g/mol. The maximum Gasteiger partial charge on any atom is 0.160 e. The van der Waals surface area contributed by atoms with E-state index in [9.17, 15) is 0 Å². The molecular formula is C58H36N2S2. The molecule has 0 aliphatic rings. The molecule has 62 heavy (non-hydrogen) atoms. The molecule has 0 aliphatic heterocycles. The molecule has 0 spiro atoms. The van der Waals surface area contributed by atoms with Crippen LogP contribution in [0.5, 0.6) is 0 Å². The second kappa shape index (κ2) is 15.2. The fourth-order valence-electron chi connectivity index (χ4n) is 8.70. The summed E-state index contributed by atoms with van der Waals surface area (Å²) in [4.78, 5) is 10.8. The highest BCUT2D eigenvalue weighted by Gasteiger charge is 2.16. The molecule has 0 N–H and O–H groups in total. The molecule has 0 atom stereocenters. The van der Waals surface area contributed by atoms with Gasteiger partial charge in [-0.05, 0) is 105 Å². The van der Waals surface area contributed by atoms with Crippen molar-refractivity contribution in [1.29, 1.82) is 0 Å². The maximum atomic E-state index is 5.39. The Hall–Kier alpha value is -7.50. The van der Waals surface area contributed by atoms with Gasteiger partial charge in [-0.1, -0.05) is 158 Å². The predicted molar refractivity (Wildman–Crippen MR) is 266 cm³/mol. The molecule has 0 aliphatic carbocycles. The highest BCUT2D eigenvalue weighted by Crippen LogP contribution is 2.41. The third-order valence-corrected chi connectivity index (χ3v) is 14.2. The molecule has 2 nitrogen and oxygen atoms in total. The summed E-state index contributed by atoms with van der Waals surface area (Å²) in [7, 11) is 0. The molecule has 9 aromatic carbocycles. The number of benzene rings is 9. The van der Waals surface area contributed by atoms with Crippen LogP contribution in [-0.4, -0.2) is 9.97 Å². The van der Waals surface area contributed by atoms with E-state index in [0.717, 1.165) is 50.3 Å². The van der Waals surface area contributed by atoms with Crippen molar-refractivity contribution in [1.82, 2.24) is 9.97 Å². The minimum atomic E-state index is 0.684. The lowest BCUT2D eigenvalue weighted by Crippen LogP contribution is -1.97. The van der Waals surface area contributed by atoms with Gasteiger partial charge in [-0.2, -0.15) is 0 Å². The number of aromatic nitrogens is 2. The first kappa shape index (κ1) is 36.4. The largest absolute Gasteiger partial charge is 0.228 e. The molecule has 290 valence electrons. The lowest BCUT2D eigenvalue weighted by atomic mass is 9.94. The molecule has 0 unspecified atom stereocenters. The quantitative estimate of drug-likeness (QED) is 0.160. The van der Waals surface area contributed by atoms with Crippen molar-refractivity contribution in [2.45, 2.75) is 0 Å². The van der Waals surface area contributed by atoms with Crippen LogP contribution in [0.1, 0.15) is 0 Å². The van der Waals surface area contributed by atoms with E-state index in [1.165, 1.54) is 62.6 Å². The zero-order chi connectivity index (χ0) is 41.0. The van der Waals surface area contributed by atoms with Crippen LogP contribution < -0.4 is 0 Å². The van der Waals surface area contributed by atoms with Gasteiger partial charge in [0.05, 0.1) is 11.4 Å². The van der Waals surface area contributed by atoms with Gasteiger partial charge in [-0.3, -0.25) is 0 Å². The zero-order valence-electron chi connectivity index (χ0n) is 33.5. The first-order valence-corrected chi connectivity index (χ1v) is 22.5. The summed E-state index contributed by atoms with van der Waals surface area (Å²) in [5.41, 5.74) is 14.1. The number of nitrogens with zero attached hydrogens (tertiary/aromatic N) is 2. The molecule has 0 bridgehead atoms. The zero-order valence-corrected chi connectivity index (χ0v) is 35.1. The molecule has 12 rings (SSSR count). The summed E-state index contributed by atoms with van der Waals surface area (Å²) in [6, 6.07) is 78.8. The van der Waals surface area contributed by atoms with Crippen LogP contribution in [0.2, 0.25) is 0 Å². The number of thiophene rings is 2. The van der Waals surface area contributed by atoms with E-state index >= 15 is 0 Å². The molecular weight excluding hydrogens is 789 g/mol. The van der Waals surface area contributed by atoms with Crippen LogP contribution in [0.3, 0.4) is 0 Å². The predicted octanol–water partition coefficient (Wildman–Crippen LogP) is 16.9. The van der Waals surface area contributed by atoms with Gasteiger partial charge in [0.15, 0.2) is 5.82 Å². The molecule has 0 fully saturated rings. The van der Waals surface area contributed by atoms with Crippen molar-refractivity contribution in [3.8, 4) is 78.4 Å². The Morgan fingerprint density at radius 3 is 1.05 bits per heavy atom. The second-order valence-electron chi connectivity index (χ2n) is 15.8. The topological polar surface area (TPSA) is 25.8 Å². The lowest BCUT2D eigenvalue weighted by Gasteiger charge is -2.14. The average molecular weight is 825 g/mol. The fourth-order valence-corrected chi connectivity index (χ4v) is 10.9. The van der Waals surface area contributed by atoms with E-state index in [0.29, 0.717) is 5.82 Å². The molecule has 3 aromatic heterocycles. The van der Waals surface area contributed by atoms with E-state index < -0.39 is 0 Å². The molecule has 0 radical (unpaired) electrons. The Labute approximate surface area is 367 Å². The maximum absolute atomic E-state index is 5.39. The standard InChI is InChI=1S/C58H36N2S2/c1-3-11-37(12-4-1)39-19-23-41(24-20-39)52-36-53(42-25-21-40(22-26-42)38-13-5-2-6-14-38)60-58(59-52)47-32-45(43-27-29-56-50(34-43)48-15-7-9-17-54(48)61-56)31-46(33-47)44-28-30-57-51(35-44)49-16-8-10-18-55(49)62-57/h1-36H. The molecule has 4 heteroatoms. The Kier molecular flexibility index (Phi) is 8.91. The molecule has 0 saturated carbocycles. The van der Waals surface area contributed by atoms with Gasteiger partial charge in [0.1, 0.15) is 0 Å². The number of hydrogen-bond donors (Lipinski definition) is 0. The normalized spacial score (nSPS) is 11.5. The summed E-state index contributed by atoms with van der Waals surface area (Å²) in [6.07, 6.45) is 0. The highest BCUT2D eigenvalue weighted by atomic mass is 32.1. The van der Waals surface area contributed by atoms with Gasteiger partial charge in [-0.15, -0.1) is 22.7 Å². The minimum absolute atomic E-state index is 0.684. The smallest absolute Gasteiger partial charge is 0.160 e. The minimum Gasteiger partial charge on any atom is -0.228 e. The van der Waals surface area contributed by atoms with Gasteiger partial charge in [0, 0.05) is 57.0 Å². The fraction of sp³-hybridized carbons (Fsp3) is 0. The van der Waals surface area contributed by atoms with Crippen LogP contribution >= 0.6 is 22.7 Å². The van der Waals surface area contributed by atoms with Gasteiger partial charge in [-0.25, -0.2) is 9.97 Å². The number of hydrogen-bond acceptors (Lipinski definition) is 4. The van der Waals surface area contributed by atoms with Gasteiger partial charge in [0.2, 0.25) is 0 Å². The molecule has 3 heterocycles. The van der Waals surface area contributed by atoms with E-state index in [4.69, 9.17) is 9.97 Å². The van der Waals surface area contributed by atoms with Gasteiger partial charge in [0.25, 0.3) is 0 Å². The summed E-state index contributed by atoms with van der Waals surface area (Å²) < 4.78 is 5.19. The Bertz CT molecular complexity index is 3370. The van der Waals surface area contributed by atoms with Crippen LogP contribution in [0.15, 0.2) is 218 Å². The molecule has 0 amide bonds. The lowest BCUT2D eigenvalue weighted by molar-refractivity contribution is 1.18. The van der Waals surface area contributed by atoms with Gasteiger partial charge < -0.3 is 0 Å². The van der Waals surface area contributed by atoms with Crippen molar-refractivity contribution in [3.63, 3.8) is 0 Å².